The lowest BCUT2D eigenvalue weighted by Gasteiger charge is -2.05. The minimum Gasteiger partial charge on any atom is -0.481 e. The van der Waals surface area contributed by atoms with E-state index in [0.717, 1.165) is 44.9 Å². The molecule has 0 aromatic rings. The van der Waals surface area contributed by atoms with Crippen LogP contribution in [-0.4, -0.2) is 23.7 Å². The lowest BCUT2D eigenvalue weighted by Crippen LogP contribution is -2.05. The van der Waals surface area contributed by atoms with E-state index in [1.807, 2.05) is 0 Å². The summed E-state index contributed by atoms with van der Waals surface area (Å²) in [6.07, 6.45) is 22.2. The SMILES string of the molecule is CCCCCCCCCCCCOC(=O)CCCCCCCCCCC(=O)O. The van der Waals surface area contributed by atoms with Gasteiger partial charge in [0.15, 0.2) is 0 Å². The molecule has 0 radical (unpaired) electrons. The quantitative estimate of drug-likeness (QED) is 0.152. The van der Waals surface area contributed by atoms with E-state index in [1.54, 1.807) is 0 Å². The molecule has 0 atom stereocenters. The van der Waals surface area contributed by atoms with Crippen LogP contribution in [0.1, 0.15) is 135 Å². The van der Waals surface area contributed by atoms with Crippen molar-refractivity contribution >= 4 is 11.9 Å². The molecule has 0 saturated carbocycles. The Labute approximate surface area is 173 Å². The summed E-state index contributed by atoms with van der Waals surface area (Å²) in [5.41, 5.74) is 0. The fraction of sp³-hybridized carbons (Fsp3) is 0.917. The third-order valence-electron chi connectivity index (χ3n) is 5.28. The van der Waals surface area contributed by atoms with Crippen LogP contribution in [0.3, 0.4) is 0 Å². The van der Waals surface area contributed by atoms with Crippen LogP contribution in [0.5, 0.6) is 0 Å². The molecule has 0 heterocycles. The lowest BCUT2D eigenvalue weighted by molar-refractivity contribution is -0.144. The summed E-state index contributed by atoms with van der Waals surface area (Å²) in [7, 11) is 0. The molecule has 0 fully saturated rings. The molecule has 0 aliphatic heterocycles. The van der Waals surface area contributed by atoms with Gasteiger partial charge in [0.25, 0.3) is 0 Å². The first-order chi connectivity index (χ1) is 13.7. The van der Waals surface area contributed by atoms with Crippen LogP contribution in [0.15, 0.2) is 0 Å². The van der Waals surface area contributed by atoms with Crippen LogP contribution in [0.2, 0.25) is 0 Å². The van der Waals surface area contributed by atoms with Gasteiger partial charge >= 0.3 is 11.9 Å². The van der Waals surface area contributed by atoms with Gasteiger partial charge in [0.05, 0.1) is 6.61 Å². The topological polar surface area (TPSA) is 63.6 Å². The van der Waals surface area contributed by atoms with Crippen molar-refractivity contribution in [1.29, 1.82) is 0 Å². The second-order valence-electron chi connectivity index (χ2n) is 8.12. The Balaban J connectivity index is 3.16. The molecular weight excluding hydrogens is 352 g/mol. The van der Waals surface area contributed by atoms with Crippen molar-refractivity contribution in [3.05, 3.63) is 0 Å². The summed E-state index contributed by atoms with van der Waals surface area (Å²) in [5, 5.41) is 8.56. The van der Waals surface area contributed by atoms with Crippen molar-refractivity contribution in [2.24, 2.45) is 0 Å². The van der Waals surface area contributed by atoms with Crippen LogP contribution < -0.4 is 0 Å². The predicted molar refractivity (Wildman–Crippen MR) is 117 cm³/mol. The molecule has 0 saturated heterocycles. The Morgan fingerprint density at radius 1 is 0.571 bits per heavy atom. The van der Waals surface area contributed by atoms with Crippen molar-refractivity contribution in [1.82, 2.24) is 0 Å². The van der Waals surface area contributed by atoms with Crippen LogP contribution in [0, 0.1) is 0 Å². The second kappa shape index (κ2) is 22.2. The van der Waals surface area contributed by atoms with E-state index < -0.39 is 5.97 Å². The van der Waals surface area contributed by atoms with Crippen molar-refractivity contribution in [3.8, 4) is 0 Å². The smallest absolute Gasteiger partial charge is 0.305 e. The maximum Gasteiger partial charge on any atom is 0.305 e. The molecule has 0 amide bonds. The molecule has 0 aliphatic carbocycles. The molecule has 0 aromatic heterocycles. The fourth-order valence-electron chi connectivity index (χ4n) is 3.45. The third kappa shape index (κ3) is 23.0. The van der Waals surface area contributed by atoms with Crippen molar-refractivity contribution in [2.45, 2.75) is 135 Å². The number of carbonyl (C=O) groups is 2. The maximum absolute atomic E-state index is 11.7. The number of aliphatic carboxylic acids is 1. The van der Waals surface area contributed by atoms with Gasteiger partial charge in [-0.05, 0) is 19.3 Å². The number of ether oxygens (including phenoxy) is 1. The first-order valence-corrected chi connectivity index (χ1v) is 12.0. The van der Waals surface area contributed by atoms with E-state index in [1.165, 1.54) is 70.6 Å². The minimum atomic E-state index is -0.694. The summed E-state index contributed by atoms with van der Waals surface area (Å²) < 4.78 is 5.32. The standard InChI is InChI=1S/C24H46O4/c1-2-3-4-5-6-7-10-13-16-19-22-28-24(27)21-18-15-12-9-8-11-14-17-20-23(25)26/h2-22H2,1H3,(H,25,26). The van der Waals surface area contributed by atoms with E-state index in [2.05, 4.69) is 6.92 Å². The normalized spacial score (nSPS) is 10.9. The highest BCUT2D eigenvalue weighted by molar-refractivity contribution is 5.69. The molecule has 4 heteroatoms. The zero-order chi connectivity index (χ0) is 20.7. The van der Waals surface area contributed by atoms with Gasteiger partial charge < -0.3 is 9.84 Å². The second-order valence-corrected chi connectivity index (χ2v) is 8.12. The number of rotatable bonds is 22. The highest BCUT2D eigenvalue weighted by Crippen LogP contribution is 2.12. The largest absolute Gasteiger partial charge is 0.481 e. The minimum absolute atomic E-state index is 0.0374. The highest BCUT2D eigenvalue weighted by Gasteiger charge is 2.02. The molecule has 28 heavy (non-hydrogen) atoms. The number of carboxylic acids is 1. The first kappa shape index (κ1) is 26.9. The maximum atomic E-state index is 11.7. The fourth-order valence-corrected chi connectivity index (χ4v) is 3.45. The summed E-state index contributed by atoms with van der Waals surface area (Å²) in [5.74, 6) is -0.732. The molecule has 0 aliphatic rings. The molecule has 4 nitrogen and oxygen atoms in total. The molecule has 0 rings (SSSR count). The van der Waals surface area contributed by atoms with Crippen LogP contribution >= 0.6 is 0 Å². The molecular formula is C24H46O4. The van der Waals surface area contributed by atoms with E-state index >= 15 is 0 Å². The summed E-state index contributed by atoms with van der Waals surface area (Å²) >= 11 is 0. The molecule has 1 N–H and O–H groups in total. The first-order valence-electron chi connectivity index (χ1n) is 12.0. The Morgan fingerprint density at radius 2 is 0.964 bits per heavy atom. The van der Waals surface area contributed by atoms with E-state index in [0.29, 0.717) is 19.4 Å². The predicted octanol–water partition coefficient (Wildman–Crippen LogP) is 7.44. The van der Waals surface area contributed by atoms with Gasteiger partial charge in [-0.2, -0.15) is 0 Å². The lowest BCUT2D eigenvalue weighted by atomic mass is 10.1. The zero-order valence-electron chi connectivity index (χ0n) is 18.5. The number of hydrogen-bond donors (Lipinski definition) is 1. The average molecular weight is 399 g/mol. The van der Waals surface area contributed by atoms with Crippen molar-refractivity contribution in [2.75, 3.05) is 6.61 Å². The average Bonchev–Trinajstić information content (AvgIpc) is 2.67. The highest BCUT2D eigenvalue weighted by atomic mass is 16.5. The van der Waals surface area contributed by atoms with E-state index in [-0.39, 0.29) is 5.97 Å². The number of unbranched alkanes of at least 4 members (excludes halogenated alkanes) is 16. The molecule has 166 valence electrons. The van der Waals surface area contributed by atoms with Gasteiger partial charge in [-0.3, -0.25) is 9.59 Å². The van der Waals surface area contributed by atoms with Crippen molar-refractivity contribution in [3.63, 3.8) is 0 Å². The van der Waals surface area contributed by atoms with Gasteiger partial charge in [-0.15, -0.1) is 0 Å². The molecule has 0 spiro atoms. The van der Waals surface area contributed by atoms with Gasteiger partial charge in [-0.25, -0.2) is 0 Å². The van der Waals surface area contributed by atoms with E-state index in [4.69, 9.17) is 9.84 Å². The van der Waals surface area contributed by atoms with Crippen LogP contribution in [0.25, 0.3) is 0 Å². The van der Waals surface area contributed by atoms with Crippen LogP contribution in [0.4, 0.5) is 0 Å². The van der Waals surface area contributed by atoms with Gasteiger partial charge in [-0.1, -0.05) is 103 Å². The van der Waals surface area contributed by atoms with Gasteiger partial charge in [0.2, 0.25) is 0 Å². The number of hydrogen-bond acceptors (Lipinski definition) is 3. The Bertz CT molecular complexity index is 355. The monoisotopic (exact) mass is 398 g/mol. The summed E-state index contributed by atoms with van der Waals surface area (Å²) in [6.45, 7) is 2.84. The zero-order valence-corrected chi connectivity index (χ0v) is 18.5. The number of carboxylic acid groups (broad SMARTS) is 1. The Morgan fingerprint density at radius 3 is 1.43 bits per heavy atom. The third-order valence-corrected chi connectivity index (χ3v) is 5.28. The number of carbonyl (C=O) groups excluding carboxylic acids is 1. The van der Waals surface area contributed by atoms with Gasteiger partial charge in [0.1, 0.15) is 0 Å². The van der Waals surface area contributed by atoms with Crippen LogP contribution in [-0.2, 0) is 14.3 Å². The van der Waals surface area contributed by atoms with Crippen molar-refractivity contribution < 1.29 is 19.4 Å². The van der Waals surface area contributed by atoms with Gasteiger partial charge in [0, 0.05) is 12.8 Å². The molecule has 0 unspecified atom stereocenters. The van der Waals surface area contributed by atoms with E-state index in [9.17, 15) is 9.59 Å². The molecule has 0 bridgehead atoms. The number of esters is 1. The Hall–Kier alpha value is -1.06. The molecule has 0 aromatic carbocycles. The summed E-state index contributed by atoms with van der Waals surface area (Å²) in [6, 6.07) is 0. The summed E-state index contributed by atoms with van der Waals surface area (Å²) in [4.78, 5) is 22.1. The Kier molecular flexibility index (Phi) is 21.4.